The smallest absolute Gasteiger partial charge is 0.137 e. The van der Waals surface area contributed by atoms with Crippen molar-refractivity contribution in [2.24, 2.45) is 0 Å². The van der Waals surface area contributed by atoms with E-state index in [1.807, 2.05) is 30.3 Å². The molecule has 4 heteroatoms. The zero-order valence-corrected chi connectivity index (χ0v) is 11.6. The highest BCUT2D eigenvalue weighted by atomic mass is 16.5. The van der Waals surface area contributed by atoms with Crippen molar-refractivity contribution >= 4 is 0 Å². The van der Waals surface area contributed by atoms with E-state index in [4.69, 9.17) is 14.4 Å². The van der Waals surface area contributed by atoms with E-state index in [1.165, 1.54) is 0 Å². The Morgan fingerprint density at radius 2 is 2.10 bits per heavy atom. The summed E-state index contributed by atoms with van der Waals surface area (Å²) in [5, 5.41) is 8.99. The third kappa shape index (κ3) is 3.87. The first-order chi connectivity index (χ1) is 9.83. The molecule has 0 spiro atoms. The number of likely N-dealkylation sites (N-methyl/N-ethyl adjacent to an activating group) is 1. The molecule has 0 aliphatic carbocycles. The van der Waals surface area contributed by atoms with Crippen LogP contribution >= 0.6 is 0 Å². The van der Waals surface area contributed by atoms with Crippen molar-refractivity contribution in [3.63, 3.8) is 0 Å². The summed E-state index contributed by atoms with van der Waals surface area (Å²) in [7, 11) is 0. The Bertz CT molecular complexity index is 558. The third-order valence-corrected chi connectivity index (χ3v) is 3.08. The zero-order chi connectivity index (χ0) is 14.2. The fraction of sp³-hybridized carbons (Fsp3) is 0.312. The maximum atomic E-state index is 8.99. The lowest BCUT2D eigenvalue weighted by Gasteiger charge is -2.19. The van der Waals surface area contributed by atoms with Gasteiger partial charge in [-0.1, -0.05) is 19.1 Å². The van der Waals surface area contributed by atoms with Gasteiger partial charge in [0.1, 0.15) is 24.2 Å². The van der Waals surface area contributed by atoms with Crippen LogP contribution in [0.1, 0.15) is 18.2 Å². The average Bonchev–Trinajstić information content (AvgIpc) is 2.99. The highest BCUT2D eigenvalue weighted by Gasteiger charge is 2.07. The minimum Gasteiger partial charge on any atom is -0.491 e. The van der Waals surface area contributed by atoms with Gasteiger partial charge in [-0.05, 0) is 30.8 Å². The summed E-state index contributed by atoms with van der Waals surface area (Å²) in [6.45, 7) is 5.13. The molecular formula is C16H18N2O2. The fourth-order valence-electron chi connectivity index (χ4n) is 1.94. The Morgan fingerprint density at radius 3 is 2.80 bits per heavy atom. The second-order valence-corrected chi connectivity index (χ2v) is 4.40. The number of benzene rings is 1. The lowest BCUT2D eigenvalue weighted by atomic mass is 10.2. The van der Waals surface area contributed by atoms with Gasteiger partial charge in [-0.25, -0.2) is 0 Å². The summed E-state index contributed by atoms with van der Waals surface area (Å²) >= 11 is 0. The molecule has 0 saturated carbocycles. The van der Waals surface area contributed by atoms with Crippen LogP contribution in [-0.4, -0.2) is 24.6 Å². The first kappa shape index (κ1) is 14.2. The molecule has 0 aliphatic heterocycles. The van der Waals surface area contributed by atoms with E-state index in [9.17, 15) is 0 Å². The van der Waals surface area contributed by atoms with E-state index in [-0.39, 0.29) is 0 Å². The quantitative estimate of drug-likeness (QED) is 0.776. The first-order valence-corrected chi connectivity index (χ1v) is 6.70. The van der Waals surface area contributed by atoms with Gasteiger partial charge >= 0.3 is 0 Å². The van der Waals surface area contributed by atoms with Crippen LogP contribution < -0.4 is 4.74 Å². The van der Waals surface area contributed by atoms with Crippen LogP contribution in [0.3, 0.4) is 0 Å². The van der Waals surface area contributed by atoms with E-state index in [0.29, 0.717) is 17.9 Å². The lowest BCUT2D eigenvalue weighted by molar-refractivity contribution is 0.199. The second kappa shape index (κ2) is 7.37. The van der Waals surface area contributed by atoms with Crippen LogP contribution in [0.15, 0.2) is 47.1 Å². The topological polar surface area (TPSA) is 49.4 Å². The number of hydrogen-bond acceptors (Lipinski definition) is 4. The number of rotatable bonds is 7. The van der Waals surface area contributed by atoms with E-state index in [1.54, 1.807) is 12.3 Å². The maximum absolute atomic E-state index is 8.99. The van der Waals surface area contributed by atoms with Crippen LogP contribution in [0.25, 0.3) is 0 Å². The molecule has 0 amide bonds. The van der Waals surface area contributed by atoms with Crippen LogP contribution in [-0.2, 0) is 6.54 Å². The third-order valence-electron chi connectivity index (χ3n) is 3.08. The minimum absolute atomic E-state index is 0.549. The Hall–Kier alpha value is -2.25. The first-order valence-electron chi connectivity index (χ1n) is 6.70. The van der Waals surface area contributed by atoms with E-state index < -0.39 is 0 Å². The summed E-state index contributed by atoms with van der Waals surface area (Å²) in [6.07, 6.45) is 1.68. The highest BCUT2D eigenvalue weighted by Crippen LogP contribution is 2.16. The van der Waals surface area contributed by atoms with E-state index in [0.717, 1.165) is 25.4 Å². The molecule has 2 aromatic rings. The van der Waals surface area contributed by atoms with Gasteiger partial charge in [-0.15, -0.1) is 0 Å². The van der Waals surface area contributed by atoms with Crippen molar-refractivity contribution < 1.29 is 9.15 Å². The number of ether oxygens (including phenoxy) is 1. The van der Waals surface area contributed by atoms with Crippen molar-refractivity contribution in [3.8, 4) is 11.8 Å². The van der Waals surface area contributed by atoms with Crippen LogP contribution in [0, 0.1) is 11.3 Å². The molecule has 20 heavy (non-hydrogen) atoms. The normalized spacial score (nSPS) is 10.4. The molecule has 0 aliphatic rings. The second-order valence-electron chi connectivity index (χ2n) is 4.40. The van der Waals surface area contributed by atoms with Crippen molar-refractivity contribution in [2.75, 3.05) is 19.7 Å². The van der Waals surface area contributed by atoms with Gasteiger partial charge in [-0.2, -0.15) is 5.26 Å². The Balaban J connectivity index is 1.83. The minimum atomic E-state index is 0.549. The Kier molecular flexibility index (Phi) is 5.22. The molecule has 1 heterocycles. The van der Waals surface area contributed by atoms with Crippen molar-refractivity contribution in [2.45, 2.75) is 13.5 Å². The Morgan fingerprint density at radius 1 is 1.25 bits per heavy atom. The Labute approximate surface area is 119 Å². The van der Waals surface area contributed by atoms with E-state index >= 15 is 0 Å². The molecule has 0 bridgehead atoms. The number of nitrogens with zero attached hydrogens (tertiary/aromatic N) is 2. The van der Waals surface area contributed by atoms with Gasteiger partial charge in [0, 0.05) is 6.54 Å². The number of furan rings is 1. The van der Waals surface area contributed by atoms with Crippen molar-refractivity contribution in [1.82, 2.24) is 4.90 Å². The summed E-state index contributed by atoms with van der Waals surface area (Å²) in [6, 6.07) is 13.3. The summed E-state index contributed by atoms with van der Waals surface area (Å²) in [5.41, 5.74) is 0.571. The molecule has 104 valence electrons. The molecule has 1 aromatic heterocycles. The molecule has 0 atom stereocenters. The predicted molar refractivity (Wildman–Crippen MR) is 76.3 cm³/mol. The maximum Gasteiger partial charge on any atom is 0.137 e. The molecule has 0 saturated heterocycles. The van der Waals surface area contributed by atoms with E-state index in [2.05, 4.69) is 17.9 Å². The molecule has 2 rings (SSSR count). The molecule has 0 unspecified atom stereocenters. The van der Waals surface area contributed by atoms with Gasteiger partial charge in [0.15, 0.2) is 0 Å². The van der Waals surface area contributed by atoms with Crippen molar-refractivity contribution in [1.29, 1.82) is 5.26 Å². The standard InChI is InChI=1S/C16H18N2O2/c1-2-18(13-15-7-5-10-19-15)9-11-20-16-8-4-3-6-14(16)12-17/h3-8,10H,2,9,11,13H2,1H3. The van der Waals surface area contributed by atoms with Gasteiger partial charge in [0.25, 0.3) is 0 Å². The van der Waals surface area contributed by atoms with Crippen molar-refractivity contribution in [3.05, 3.63) is 54.0 Å². The number of para-hydroxylation sites is 1. The zero-order valence-electron chi connectivity index (χ0n) is 11.6. The molecule has 0 fully saturated rings. The van der Waals surface area contributed by atoms with Gasteiger partial charge in [-0.3, -0.25) is 4.90 Å². The molecule has 0 N–H and O–H groups in total. The van der Waals surface area contributed by atoms with Gasteiger partial charge in [0.05, 0.1) is 18.4 Å². The van der Waals surface area contributed by atoms with Gasteiger partial charge < -0.3 is 9.15 Å². The summed E-state index contributed by atoms with van der Waals surface area (Å²) in [5.74, 6) is 1.59. The van der Waals surface area contributed by atoms with Crippen LogP contribution in [0.2, 0.25) is 0 Å². The predicted octanol–water partition coefficient (Wildman–Crippen LogP) is 3.05. The summed E-state index contributed by atoms with van der Waals surface area (Å²) < 4.78 is 11.0. The molecule has 0 radical (unpaired) electrons. The lowest BCUT2D eigenvalue weighted by Crippen LogP contribution is -2.27. The fourth-order valence-corrected chi connectivity index (χ4v) is 1.94. The molecule has 4 nitrogen and oxygen atoms in total. The SMILES string of the molecule is CCN(CCOc1ccccc1C#N)Cc1ccco1. The van der Waals surface area contributed by atoms with Gasteiger partial charge in [0.2, 0.25) is 0 Å². The van der Waals surface area contributed by atoms with Crippen LogP contribution in [0.5, 0.6) is 5.75 Å². The number of nitriles is 1. The largest absolute Gasteiger partial charge is 0.491 e. The summed E-state index contributed by atoms with van der Waals surface area (Å²) in [4.78, 5) is 2.23. The number of hydrogen-bond donors (Lipinski definition) is 0. The monoisotopic (exact) mass is 270 g/mol. The molecular weight excluding hydrogens is 252 g/mol. The molecule has 1 aromatic carbocycles. The van der Waals surface area contributed by atoms with Crippen LogP contribution in [0.4, 0.5) is 0 Å². The average molecular weight is 270 g/mol. The highest BCUT2D eigenvalue weighted by molar-refractivity contribution is 5.42.